The minimum atomic E-state index is 0.518. The number of fused-ring (bicyclic) bond motifs is 1. The number of hydrogen-bond donors (Lipinski definition) is 1. The monoisotopic (exact) mass is 272 g/mol. The maximum absolute atomic E-state index is 5.58. The van der Waals surface area contributed by atoms with Gasteiger partial charge in [-0.1, -0.05) is 0 Å². The van der Waals surface area contributed by atoms with Crippen LogP contribution in [0.25, 0.3) is 11.4 Å². The third kappa shape index (κ3) is 2.55. The molecule has 6 nitrogen and oxygen atoms in total. The highest BCUT2D eigenvalue weighted by atomic mass is 16.6. The summed E-state index contributed by atoms with van der Waals surface area (Å²) in [5.74, 6) is 3.52. The average Bonchev–Trinajstić information content (AvgIpc) is 2.46. The Kier molecular flexibility index (Phi) is 3.47. The molecule has 0 amide bonds. The van der Waals surface area contributed by atoms with Crippen molar-refractivity contribution in [1.82, 2.24) is 15.0 Å². The van der Waals surface area contributed by atoms with Crippen molar-refractivity contribution >= 4 is 0 Å². The molecule has 2 heterocycles. The van der Waals surface area contributed by atoms with Gasteiger partial charge in [-0.25, -0.2) is 15.0 Å². The second-order valence-corrected chi connectivity index (χ2v) is 4.52. The van der Waals surface area contributed by atoms with E-state index in [1.54, 1.807) is 0 Å². The lowest BCUT2D eigenvalue weighted by Gasteiger charge is -2.18. The van der Waals surface area contributed by atoms with Crippen molar-refractivity contribution in [1.29, 1.82) is 0 Å². The first-order valence-electron chi connectivity index (χ1n) is 6.58. The van der Waals surface area contributed by atoms with Crippen LogP contribution < -0.4 is 15.2 Å². The van der Waals surface area contributed by atoms with E-state index in [2.05, 4.69) is 15.0 Å². The van der Waals surface area contributed by atoms with Crippen LogP contribution in [-0.2, 0) is 6.42 Å². The molecule has 1 aliphatic heterocycles. The van der Waals surface area contributed by atoms with Gasteiger partial charge in [-0.05, 0) is 31.7 Å². The van der Waals surface area contributed by atoms with E-state index < -0.39 is 0 Å². The van der Waals surface area contributed by atoms with Gasteiger partial charge in [0.1, 0.15) is 24.9 Å². The highest BCUT2D eigenvalue weighted by Crippen LogP contribution is 2.33. The minimum Gasteiger partial charge on any atom is -0.486 e. The Hall–Kier alpha value is -2.21. The minimum absolute atomic E-state index is 0.518. The Morgan fingerprint density at radius 1 is 1.10 bits per heavy atom. The first-order chi connectivity index (χ1) is 9.76. The zero-order valence-electron chi connectivity index (χ0n) is 11.3. The van der Waals surface area contributed by atoms with Crippen molar-refractivity contribution in [3.8, 4) is 22.9 Å². The van der Waals surface area contributed by atoms with Crippen LogP contribution in [0.1, 0.15) is 11.6 Å². The number of nitrogens with two attached hydrogens (primary N) is 1. The lowest BCUT2D eigenvalue weighted by Crippen LogP contribution is -2.15. The quantitative estimate of drug-likeness (QED) is 0.901. The van der Waals surface area contributed by atoms with E-state index in [1.165, 1.54) is 0 Å². The molecule has 3 rings (SSSR count). The summed E-state index contributed by atoms with van der Waals surface area (Å²) in [4.78, 5) is 13.1. The summed E-state index contributed by atoms with van der Waals surface area (Å²) in [6.45, 7) is 3.51. The topological polar surface area (TPSA) is 83.2 Å². The van der Waals surface area contributed by atoms with Gasteiger partial charge in [-0.3, -0.25) is 0 Å². The SMILES string of the molecule is Cc1nc(CCN)nc(-c2ccc3c(c2)OCCO3)n1. The van der Waals surface area contributed by atoms with Crippen LogP contribution in [-0.4, -0.2) is 34.7 Å². The Bertz CT molecular complexity index is 631. The molecule has 0 saturated carbocycles. The lowest BCUT2D eigenvalue weighted by molar-refractivity contribution is 0.171. The van der Waals surface area contributed by atoms with Crippen molar-refractivity contribution in [3.05, 3.63) is 29.8 Å². The molecule has 0 unspecified atom stereocenters. The molecule has 0 spiro atoms. The third-order valence-corrected chi connectivity index (χ3v) is 2.96. The van der Waals surface area contributed by atoms with Crippen LogP contribution in [0.5, 0.6) is 11.5 Å². The molecule has 0 atom stereocenters. The largest absolute Gasteiger partial charge is 0.486 e. The van der Waals surface area contributed by atoms with Crippen molar-refractivity contribution in [3.63, 3.8) is 0 Å². The molecule has 104 valence electrons. The van der Waals surface area contributed by atoms with Crippen LogP contribution in [0.3, 0.4) is 0 Å². The lowest BCUT2D eigenvalue weighted by atomic mass is 10.2. The molecule has 0 saturated heterocycles. The van der Waals surface area contributed by atoms with E-state index >= 15 is 0 Å². The fourth-order valence-corrected chi connectivity index (χ4v) is 2.09. The predicted octanol–water partition coefficient (Wildman–Crippen LogP) is 1.12. The Labute approximate surface area is 117 Å². The molecule has 0 radical (unpaired) electrons. The van der Waals surface area contributed by atoms with Crippen molar-refractivity contribution < 1.29 is 9.47 Å². The maximum Gasteiger partial charge on any atom is 0.163 e. The van der Waals surface area contributed by atoms with Crippen LogP contribution in [0.15, 0.2) is 18.2 Å². The van der Waals surface area contributed by atoms with Crippen LogP contribution >= 0.6 is 0 Å². The van der Waals surface area contributed by atoms with Gasteiger partial charge in [-0.15, -0.1) is 0 Å². The van der Waals surface area contributed by atoms with Crippen molar-refractivity contribution in [2.75, 3.05) is 19.8 Å². The van der Waals surface area contributed by atoms with Crippen LogP contribution in [0, 0.1) is 6.92 Å². The van der Waals surface area contributed by atoms with Gasteiger partial charge < -0.3 is 15.2 Å². The number of aryl methyl sites for hydroxylation is 1. The van der Waals surface area contributed by atoms with Crippen molar-refractivity contribution in [2.24, 2.45) is 5.73 Å². The van der Waals surface area contributed by atoms with Crippen molar-refractivity contribution in [2.45, 2.75) is 13.3 Å². The van der Waals surface area contributed by atoms with Gasteiger partial charge in [-0.2, -0.15) is 0 Å². The summed E-state index contributed by atoms with van der Waals surface area (Å²) in [5.41, 5.74) is 6.44. The normalized spacial score (nSPS) is 13.3. The van der Waals surface area contributed by atoms with E-state index in [-0.39, 0.29) is 0 Å². The van der Waals surface area contributed by atoms with E-state index in [0.29, 0.717) is 43.7 Å². The second kappa shape index (κ2) is 5.42. The molecule has 2 aromatic rings. The van der Waals surface area contributed by atoms with Crippen LogP contribution in [0.2, 0.25) is 0 Å². The first kappa shape index (κ1) is 12.8. The van der Waals surface area contributed by atoms with E-state index in [1.807, 2.05) is 25.1 Å². The summed E-state index contributed by atoms with van der Waals surface area (Å²) >= 11 is 0. The van der Waals surface area contributed by atoms with Gasteiger partial charge in [0.2, 0.25) is 0 Å². The molecule has 0 bridgehead atoms. The van der Waals surface area contributed by atoms with Gasteiger partial charge in [0.25, 0.3) is 0 Å². The molecule has 1 aliphatic rings. The molecule has 1 aromatic heterocycles. The summed E-state index contributed by atoms with van der Waals surface area (Å²) < 4.78 is 11.1. The zero-order chi connectivity index (χ0) is 13.9. The highest BCUT2D eigenvalue weighted by molar-refractivity contribution is 5.61. The highest BCUT2D eigenvalue weighted by Gasteiger charge is 2.14. The number of benzene rings is 1. The van der Waals surface area contributed by atoms with Crippen LogP contribution in [0.4, 0.5) is 0 Å². The fourth-order valence-electron chi connectivity index (χ4n) is 2.09. The van der Waals surface area contributed by atoms with Gasteiger partial charge in [0.05, 0.1) is 0 Å². The zero-order valence-corrected chi connectivity index (χ0v) is 11.3. The number of nitrogens with zero attached hydrogens (tertiary/aromatic N) is 3. The third-order valence-electron chi connectivity index (χ3n) is 2.96. The molecular weight excluding hydrogens is 256 g/mol. The molecule has 0 fully saturated rings. The fraction of sp³-hybridized carbons (Fsp3) is 0.357. The summed E-state index contributed by atoms with van der Waals surface area (Å²) in [6, 6.07) is 5.70. The average molecular weight is 272 g/mol. The smallest absolute Gasteiger partial charge is 0.163 e. The Morgan fingerprint density at radius 2 is 1.90 bits per heavy atom. The van der Waals surface area contributed by atoms with Gasteiger partial charge in [0.15, 0.2) is 17.3 Å². The molecule has 1 aromatic carbocycles. The summed E-state index contributed by atoms with van der Waals surface area (Å²) in [6.07, 6.45) is 0.640. The maximum atomic E-state index is 5.58. The Balaban J connectivity index is 1.99. The van der Waals surface area contributed by atoms with E-state index in [9.17, 15) is 0 Å². The second-order valence-electron chi connectivity index (χ2n) is 4.52. The molecule has 2 N–H and O–H groups in total. The molecular formula is C14H16N4O2. The summed E-state index contributed by atoms with van der Waals surface area (Å²) in [5, 5.41) is 0. The molecule has 0 aliphatic carbocycles. The molecule has 6 heteroatoms. The number of rotatable bonds is 3. The van der Waals surface area contributed by atoms with E-state index in [4.69, 9.17) is 15.2 Å². The van der Waals surface area contributed by atoms with Gasteiger partial charge in [0, 0.05) is 12.0 Å². The first-order valence-corrected chi connectivity index (χ1v) is 6.58. The predicted molar refractivity (Wildman–Crippen MR) is 73.7 cm³/mol. The summed E-state index contributed by atoms with van der Waals surface area (Å²) in [7, 11) is 0. The number of ether oxygens (including phenoxy) is 2. The Morgan fingerprint density at radius 3 is 2.70 bits per heavy atom. The van der Waals surface area contributed by atoms with E-state index in [0.717, 1.165) is 17.1 Å². The number of hydrogen-bond acceptors (Lipinski definition) is 6. The standard InChI is InChI=1S/C14H16N4O2/c1-9-16-13(4-5-15)18-14(17-9)10-2-3-11-12(8-10)20-7-6-19-11/h2-3,8H,4-7,15H2,1H3. The molecule has 20 heavy (non-hydrogen) atoms. The van der Waals surface area contributed by atoms with Gasteiger partial charge >= 0.3 is 0 Å². The number of aromatic nitrogens is 3.